The van der Waals surface area contributed by atoms with Crippen LogP contribution in [-0.4, -0.2) is 18.4 Å². The molecule has 0 unspecified atom stereocenters. The summed E-state index contributed by atoms with van der Waals surface area (Å²) in [7, 11) is 0. The molecule has 0 atom stereocenters. The van der Waals surface area contributed by atoms with E-state index >= 15 is 0 Å². The maximum Gasteiger partial charge on any atom is 0.412 e. The molecule has 1 N–H and O–H groups in total. The Balaban J connectivity index is 2.21. The van der Waals surface area contributed by atoms with E-state index < -0.39 is 6.09 Å². The van der Waals surface area contributed by atoms with Crippen LogP contribution < -0.4 is 5.32 Å². The summed E-state index contributed by atoms with van der Waals surface area (Å²) in [6, 6.07) is 0. The summed E-state index contributed by atoms with van der Waals surface area (Å²) in [4.78, 5) is 15.6. The first-order valence-corrected chi connectivity index (χ1v) is 5.90. The lowest BCUT2D eigenvalue weighted by molar-refractivity contribution is 0.146. The quantitative estimate of drug-likeness (QED) is 0.730. The molecule has 0 aromatic heterocycles. The van der Waals surface area contributed by atoms with Crippen molar-refractivity contribution in [1.82, 2.24) is 5.32 Å². The van der Waals surface area contributed by atoms with Crippen LogP contribution in [0.1, 0.15) is 46.0 Å². The van der Waals surface area contributed by atoms with Crippen LogP contribution in [-0.2, 0) is 4.74 Å². The van der Waals surface area contributed by atoms with Crippen LogP contribution in [0.15, 0.2) is 16.9 Å². The average Bonchev–Trinajstić information content (AvgIpc) is 2.24. The van der Waals surface area contributed by atoms with E-state index in [1.165, 1.54) is 0 Å². The van der Waals surface area contributed by atoms with Crippen molar-refractivity contribution in [3.8, 4) is 0 Å². The van der Waals surface area contributed by atoms with Gasteiger partial charge in [0.25, 0.3) is 0 Å². The average molecular weight is 224 g/mol. The minimum absolute atomic E-state index is 0.402. The Bertz CT molecular complexity index is 295. The first kappa shape index (κ1) is 12.7. The number of unbranched alkanes of at least 4 members (excludes halogenated alkanes) is 2. The lowest BCUT2D eigenvalue weighted by atomic mass is 10.2. The van der Waals surface area contributed by atoms with Crippen molar-refractivity contribution in [1.29, 1.82) is 0 Å². The second kappa shape index (κ2) is 7.04. The number of aliphatic imine (C=N–C) groups is 1. The Kier molecular flexibility index (Phi) is 5.61. The van der Waals surface area contributed by atoms with Crippen molar-refractivity contribution in [2.75, 3.05) is 6.61 Å². The maximum atomic E-state index is 11.3. The van der Waals surface area contributed by atoms with Gasteiger partial charge < -0.3 is 4.74 Å². The van der Waals surface area contributed by atoms with Gasteiger partial charge >= 0.3 is 6.09 Å². The van der Waals surface area contributed by atoms with Gasteiger partial charge in [0.05, 0.1) is 6.61 Å². The number of allylic oxidation sites excluding steroid dienone is 1. The monoisotopic (exact) mass is 224 g/mol. The number of rotatable bonds is 5. The molecular weight excluding hydrogens is 204 g/mol. The van der Waals surface area contributed by atoms with Crippen LogP contribution in [0, 0.1) is 0 Å². The number of hydrogen-bond donors (Lipinski definition) is 1. The molecule has 1 aliphatic rings. The Morgan fingerprint density at radius 1 is 1.56 bits per heavy atom. The summed E-state index contributed by atoms with van der Waals surface area (Å²) in [6.45, 7) is 4.56. The molecule has 1 amide bonds. The smallest absolute Gasteiger partial charge is 0.412 e. The summed E-state index contributed by atoms with van der Waals surface area (Å²) in [6.07, 6.45) is 6.55. The predicted octanol–water partition coefficient (Wildman–Crippen LogP) is 3.00. The first-order valence-electron chi connectivity index (χ1n) is 5.90. The molecule has 1 aliphatic heterocycles. The standard InChI is InChI=1S/C12H20N2O2/c1-3-4-5-9-16-12(15)14-11-8-6-7-10(2)13-11/h8H,3-7,9H2,1-2H3,(H,14,15). The molecule has 1 rings (SSSR count). The fourth-order valence-corrected chi connectivity index (χ4v) is 1.46. The lowest BCUT2D eigenvalue weighted by Crippen LogP contribution is -2.24. The Hall–Kier alpha value is -1.32. The van der Waals surface area contributed by atoms with Gasteiger partial charge in [-0.05, 0) is 32.3 Å². The molecule has 4 nitrogen and oxygen atoms in total. The summed E-state index contributed by atoms with van der Waals surface area (Å²) in [5.41, 5.74) is 1.05. The van der Waals surface area contributed by atoms with Gasteiger partial charge in [-0.3, -0.25) is 5.32 Å². The van der Waals surface area contributed by atoms with Crippen LogP contribution in [0.25, 0.3) is 0 Å². The second-order valence-corrected chi connectivity index (χ2v) is 3.94. The highest BCUT2D eigenvalue weighted by Crippen LogP contribution is 2.08. The van der Waals surface area contributed by atoms with Crippen LogP contribution in [0.2, 0.25) is 0 Å². The third kappa shape index (κ3) is 4.96. The molecule has 0 aliphatic carbocycles. The number of nitrogens with one attached hydrogen (secondary N) is 1. The van der Waals surface area contributed by atoms with Crippen molar-refractivity contribution >= 4 is 11.8 Å². The van der Waals surface area contributed by atoms with E-state index in [1.807, 2.05) is 13.0 Å². The zero-order valence-corrected chi connectivity index (χ0v) is 10.1. The van der Waals surface area contributed by atoms with Gasteiger partial charge in [-0.15, -0.1) is 0 Å². The SMILES string of the molecule is CCCCCOC(=O)NC1=CCCC(C)=N1. The van der Waals surface area contributed by atoms with E-state index in [9.17, 15) is 4.79 Å². The van der Waals surface area contributed by atoms with E-state index in [4.69, 9.17) is 4.74 Å². The number of nitrogens with zero attached hydrogens (tertiary/aromatic N) is 1. The zero-order valence-electron chi connectivity index (χ0n) is 10.1. The predicted molar refractivity (Wildman–Crippen MR) is 64.4 cm³/mol. The molecule has 0 aromatic carbocycles. The molecule has 0 fully saturated rings. The molecule has 16 heavy (non-hydrogen) atoms. The van der Waals surface area contributed by atoms with E-state index in [1.54, 1.807) is 0 Å². The summed E-state index contributed by atoms with van der Waals surface area (Å²) < 4.78 is 5.02. The number of carbonyl (C=O) groups is 1. The molecule has 4 heteroatoms. The fourth-order valence-electron chi connectivity index (χ4n) is 1.46. The highest BCUT2D eigenvalue weighted by Gasteiger charge is 2.07. The Labute approximate surface area is 96.8 Å². The minimum Gasteiger partial charge on any atom is -0.449 e. The highest BCUT2D eigenvalue weighted by atomic mass is 16.5. The van der Waals surface area contributed by atoms with Gasteiger partial charge in [-0.1, -0.05) is 19.8 Å². The molecule has 0 radical (unpaired) electrons. The lowest BCUT2D eigenvalue weighted by Gasteiger charge is -2.11. The van der Waals surface area contributed by atoms with Crippen molar-refractivity contribution in [2.45, 2.75) is 46.0 Å². The highest BCUT2D eigenvalue weighted by molar-refractivity contribution is 5.84. The molecular formula is C12H20N2O2. The number of alkyl carbamates (subject to hydrolysis) is 1. The number of carbonyl (C=O) groups excluding carboxylic acids is 1. The van der Waals surface area contributed by atoms with Crippen LogP contribution in [0.4, 0.5) is 4.79 Å². The largest absolute Gasteiger partial charge is 0.449 e. The second-order valence-electron chi connectivity index (χ2n) is 3.94. The molecule has 0 saturated carbocycles. The molecule has 0 bridgehead atoms. The number of amides is 1. The molecule has 0 spiro atoms. The first-order chi connectivity index (χ1) is 7.72. The van der Waals surface area contributed by atoms with Crippen molar-refractivity contribution in [2.24, 2.45) is 4.99 Å². The van der Waals surface area contributed by atoms with Crippen molar-refractivity contribution in [3.63, 3.8) is 0 Å². The molecule has 0 saturated heterocycles. The maximum absolute atomic E-state index is 11.3. The van der Waals surface area contributed by atoms with Gasteiger partial charge in [0.2, 0.25) is 0 Å². The number of hydrogen-bond acceptors (Lipinski definition) is 3. The van der Waals surface area contributed by atoms with Crippen LogP contribution in [0.5, 0.6) is 0 Å². The van der Waals surface area contributed by atoms with Gasteiger partial charge in [0, 0.05) is 5.71 Å². The van der Waals surface area contributed by atoms with Crippen LogP contribution in [0.3, 0.4) is 0 Å². The third-order valence-electron chi connectivity index (χ3n) is 2.37. The number of ether oxygens (including phenoxy) is 1. The van der Waals surface area contributed by atoms with E-state index in [-0.39, 0.29) is 0 Å². The van der Waals surface area contributed by atoms with Crippen molar-refractivity contribution in [3.05, 3.63) is 11.9 Å². The Morgan fingerprint density at radius 3 is 3.06 bits per heavy atom. The van der Waals surface area contributed by atoms with Crippen molar-refractivity contribution < 1.29 is 9.53 Å². The fraction of sp³-hybridized carbons (Fsp3) is 0.667. The van der Waals surface area contributed by atoms with E-state index in [2.05, 4.69) is 17.2 Å². The third-order valence-corrected chi connectivity index (χ3v) is 2.37. The molecule has 90 valence electrons. The van der Waals surface area contributed by atoms with Gasteiger partial charge in [-0.25, -0.2) is 9.79 Å². The minimum atomic E-state index is -0.402. The molecule has 0 aromatic rings. The molecule has 1 heterocycles. The van der Waals surface area contributed by atoms with Crippen LogP contribution >= 0.6 is 0 Å². The summed E-state index contributed by atoms with van der Waals surface area (Å²) >= 11 is 0. The topological polar surface area (TPSA) is 50.7 Å². The summed E-state index contributed by atoms with van der Waals surface area (Å²) in [5.74, 6) is 0.615. The van der Waals surface area contributed by atoms with E-state index in [0.717, 1.165) is 37.8 Å². The van der Waals surface area contributed by atoms with E-state index in [0.29, 0.717) is 12.4 Å². The zero-order chi connectivity index (χ0) is 11.8. The summed E-state index contributed by atoms with van der Waals surface area (Å²) in [5, 5.41) is 2.64. The van der Waals surface area contributed by atoms with Gasteiger partial charge in [0.1, 0.15) is 5.82 Å². The normalized spacial score (nSPS) is 15.1. The Morgan fingerprint density at radius 2 is 2.38 bits per heavy atom. The van der Waals surface area contributed by atoms with Gasteiger partial charge in [-0.2, -0.15) is 0 Å². The van der Waals surface area contributed by atoms with Gasteiger partial charge in [0.15, 0.2) is 0 Å².